The van der Waals surface area contributed by atoms with E-state index in [-0.39, 0.29) is 19.4 Å². The van der Waals surface area contributed by atoms with E-state index in [1.807, 2.05) is 0 Å². The summed E-state index contributed by atoms with van der Waals surface area (Å²) in [4.78, 5) is 11.4. The van der Waals surface area contributed by atoms with Gasteiger partial charge < -0.3 is 15.2 Å². The van der Waals surface area contributed by atoms with E-state index in [1.54, 1.807) is 20.8 Å². The van der Waals surface area contributed by atoms with Crippen molar-refractivity contribution in [1.82, 2.24) is 5.32 Å². The first-order valence-corrected chi connectivity index (χ1v) is 6.12. The summed E-state index contributed by atoms with van der Waals surface area (Å²) in [7, 11) is 0. The highest BCUT2D eigenvalue weighted by molar-refractivity contribution is 5.67. The van der Waals surface area contributed by atoms with Gasteiger partial charge in [0.05, 0.1) is 6.10 Å². The van der Waals surface area contributed by atoms with Crippen molar-refractivity contribution in [2.24, 2.45) is 5.92 Å². The molecule has 1 fully saturated rings. The third-order valence-electron chi connectivity index (χ3n) is 2.82. The van der Waals surface area contributed by atoms with Crippen LogP contribution in [-0.4, -0.2) is 35.4 Å². The fourth-order valence-electron chi connectivity index (χ4n) is 1.95. The molecule has 106 valence electrons. The number of rotatable bonds is 2. The van der Waals surface area contributed by atoms with Gasteiger partial charge in [0.25, 0.3) is 0 Å². The third kappa shape index (κ3) is 5.16. The predicted molar refractivity (Wildman–Crippen MR) is 62.5 cm³/mol. The molecule has 0 spiro atoms. The average Bonchev–Trinajstić information content (AvgIpc) is 2.17. The predicted octanol–water partition coefficient (Wildman–Crippen LogP) is 2.31. The quantitative estimate of drug-likeness (QED) is 0.805. The molecule has 0 aromatic rings. The molecule has 2 unspecified atom stereocenters. The first-order valence-electron chi connectivity index (χ1n) is 6.12. The second-order valence-corrected chi connectivity index (χ2v) is 5.81. The van der Waals surface area contributed by atoms with Gasteiger partial charge in [-0.2, -0.15) is 0 Å². The molecule has 0 radical (unpaired) electrons. The van der Waals surface area contributed by atoms with Gasteiger partial charge in [0.2, 0.25) is 5.92 Å². The maximum Gasteiger partial charge on any atom is 0.407 e. The summed E-state index contributed by atoms with van der Waals surface area (Å²) < 4.78 is 31.3. The van der Waals surface area contributed by atoms with Gasteiger partial charge in [0.15, 0.2) is 0 Å². The molecular weight excluding hydrogens is 244 g/mol. The van der Waals surface area contributed by atoms with Crippen LogP contribution in [0.15, 0.2) is 0 Å². The zero-order valence-corrected chi connectivity index (χ0v) is 11.0. The van der Waals surface area contributed by atoms with Gasteiger partial charge in [0, 0.05) is 25.3 Å². The molecule has 0 heterocycles. The number of aliphatic hydroxyl groups excluding tert-OH is 1. The first-order chi connectivity index (χ1) is 8.09. The molecule has 0 bridgehead atoms. The van der Waals surface area contributed by atoms with Crippen LogP contribution in [0, 0.1) is 5.92 Å². The van der Waals surface area contributed by atoms with E-state index < -0.39 is 36.1 Å². The Labute approximate surface area is 106 Å². The normalized spacial score (nSPS) is 27.7. The highest BCUT2D eigenvalue weighted by Crippen LogP contribution is 2.36. The van der Waals surface area contributed by atoms with E-state index >= 15 is 0 Å². The highest BCUT2D eigenvalue weighted by atomic mass is 19.3. The number of amides is 1. The van der Waals surface area contributed by atoms with E-state index in [0.29, 0.717) is 0 Å². The lowest BCUT2D eigenvalue weighted by Gasteiger charge is -2.33. The molecule has 2 atom stereocenters. The van der Waals surface area contributed by atoms with Crippen LogP contribution in [0.1, 0.15) is 40.0 Å². The lowest BCUT2D eigenvalue weighted by atomic mass is 9.84. The molecule has 0 aliphatic heterocycles. The van der Waals surface area contributed by atoms with Crippen molar-refractivity contribution >= 4 is 6.09 Å². The number of ether oxygens (including phenoxy) is 1. The van der Waals surface area contributed by atoms with Gasteiger partial charge in [0.1, 0.15) is 5.60 Å². The average molecular weight is 265 g/mol. The molecule has 1 aliphatic carbocycles. The summed E-state index contributed by atoms with van der Waals surface area (Å²) in [5.41, 5.74) is -0.626. The summed E-state index contributed by atoms with van der Waals surface area (Å²) >= 11 is 0. The number of carbonyl (C=O) groups excluding carboxylic acids is 1. The topological polar surface area (TPSA) is 58.6 Å². The number of alkyl halides is 2. The molecule has 1 rings (SSSR count). The number of carbonyl (C=O) groups is 1. The van der Waals surface area contributed by atoms with Gasteiger partial charge in [-0.1, -0.05) is 0 Å². The fraction of sp³-hybridized carbons (Fsp3) is 0.917. The van der Waals surface area contributed by atoms with Crippen LogP contribution in [0.3, 0.4) is 0 Å². The van der Waals surface area contributed by atoms with E-state index in [2.05, 4.69) is 5.32 Å². The molecular formula is C12H21F2NO3. The summed E-state index contributed by atoms with van der Waals surface area (Å²) in [6.45, 7) is 5.16. The number of hydrogen-bond acceptors (Lipinski definition) is 3. The van der Waals surface area contributed by atoms with Gasteiger partial charge >= 0.3 is 6.09 Å². The minimum absolute atomic E-state index is 0.00562. The van der Waals surface area contributed by atoms with Crippen LogP contribution in [0.5, 0.6) is 0 Å². The first kappa shape index (κ1) is 15.1. The van der Waals surface area contributed by atoms with E-state index in [4.69, 9.17) is 4.74 Å². The Bertz CT molecular complexity index is 302. The van der Waals surface area contributed by atoms with E-state index in [0.717, 1.165) is 0 Å². The summed E-state index contributed by atoms with van der Waals surface area (Å²) in [5, 5.41) is 12.0. The molecule has 1 aliphatic rings. The summed E-state index contributed by atoms with van der Waals surface area (Å²) in [5.74, 6) is -3.37. The monoisotopic (exact) mass is 265 g/mol. The Kier molecular flexibility index (Phi) is 4.53. The smallest absolute Gasteiger partial charge is 0.407 e. The molecule has 1 saturated carbocycles. The SMILES string of the molecule is CC(C)(C)OC(=O)NCC1CC(F)(F)CCC1O. The van der Waals surface area contributed by atoms with Crippen molar-refractivity contribution in [2.75, 3.05) is 6.54 Å². The van der Waals surface area contributed by atoms with Gasteiger partial charge in [-0.15, -0.1) is 0 Å². The van der Waals surface area contributed by atoms with Crippen LogP contribution in [0.4, 0.5) is 13.6 Å². The molecule has 0 aromatic carbocycles. The summed E-state index contributed by atoms with van der Waals surface area (Å²) in [6.07, 6.45) is -2.07. The lowest BCUT2D eigenvalue weighted by Crippen LogP contribution is -2.43. The lowest BCUT2D eigenvalue weighted by molar-refractivity contribution is -0.0909. The van der Waals surface area contributed by atoms with E-state index in [9.17, 15) is 18.7 Å². The second-order valence-electron chi connectivity index (χ2n) is 5.81. The highest BCUT2D eigenvalue weighted by Gasteiger charge is 2.40. The molecule has 18 heavy (non-hydrogen) atoms. The summed E-state index contributed by atoms with van der Waals surface area (Å²) in [6, 6.07) is 0. The van der Waals surface area contributed by atoms with Crippen LogP contribution >= 0.6 is 0 Å². The maximum atomic E-state index is 13.2. The number of nitrogens with one attached hydrogen (secondary N) is 1. The molecule has 6 heteroatoms. The standard InChI is InChI=1S/C12H21F2NO3/c1-11(2,3)18-10(17)15-7-8-6-12(13,14)5-4-9(8)16/h8-9,16H,4-7H2,1-3H3,(H,15,17). The molecule has 0 aromatic heterocycles. The van der Waals surface area contributed by atoms with Crippen molar-refractivity contribution in [2.45, 2.75) is 57.7 Å². The van der Waals surface area contributed by atoms with Gasteiger partial charge in [-0.05, 0) is 27.2 Å². The van der Waals surface area contributed by atoms with E-state index in [1.165, 1.54) is 0 Å². The van der Waals surface area contributed by atoms with Crippen molar-refractivity contribution in [3.63, 3.8) is 0 Å². The number of halogens is 2. The zero-order chi connectivity index (χ0) is 14.0. The Morgan fingerprint density at radius 3 is 2.67 bits per heavy atom. The van der Waals surface area contributed by atoms with Crippen LogP contribution in [0.25, 0.3) is 0 Å². The molecule has 0 saturated heterocycles. The van der Waals surface area contributed by atoms with Crippen molar-refractivity contribution in [3.05, 3.63) is 0 Å². The maximum absolute atomic E-state index is 13.2. The molecule has 2 N–H and O–H groups in total. The van der Waals surface area contributed by atoms with Crippen molar-refractivity contribution < 1.29 is 23.4 Å². The van der Waals surface area contributed by atoms with Crippen molar-refractivity contribution in [1.29, 1.82) is 0 Å². The minimum atomic E-state index is -2.75. The number of hydrogen-bond donors (Lipinski definition) is 2. The van der Waals surface area contributed by atoms with Crippen LogP contribution < -0.4 is 5.32 Å². The van der Waals surface area contributed by atoms with Crippen molar-refractivity contribution in [3.8, 4) is 0 Å². The Hall–Kier alpha value is -0.910. The number of alkyl carbamates (subject to hydrolysis) is 1. The van der Waals surface area contributed by atoms with Gasteiger partial charge in [-0.3, -0.25) is 0 Å². The third-order valence-corrected chi connectivity index (χ3v) is 2.82. The van der Waals surface area contributed by atoms with Crippen LogP contribution in [-0.2, 0) is 4.74 Å². The fourth-order valence-corrected chi connectivity index (χ4v) is 1.95. The Morgan fingerprint density at radius 2 is 2.11 bits per heavy atom. The molecule has 1 amide bonds. The Morgan fingerprint density at radius 1 is 1.50 bits per heavy atom. The zero-order valence-electron chi connectivity index (χ0n) is 11.0. The second kappa shape index (κ2) is 5.38. The molecule has 4 nitrogen and oxygen atoms in total. The van der Waals surface area contributed by atoms with Gasteiger partial charge in [-0.25, -0.2) is 13.6 Å². The number of aliphatic hydroxyl groups is 1. The van der Waals surface area contributed by atoms with Crippen LogP contribution in [0.2, 0.25) is 0 Å². The largest absolute Gasteiger partial charge is 0.444 e. The Balaban J connectivity index is 2.40. The minimum Gasteiger partial charge on any atom is -0.444 e.